The summed E-state index contributed by atoms with van der Waals surface area (Å²) in [7, 11) is 1.98. The third-order valence-corrected chi connectivity index (χ3v) is 4.11. The molecule has 2 unspecified atom stereocenters. The Kier molecular flexibility index (Phi) is 3.21. The molecule has 1 aliphatic carbocycles. The molecule has 1 saturated carbocycles. The van der Waals surface area contributed by atoms with E-state index in [-0.39, 0.29) is 0 Å². The highest BCUT2D eigenvalue weighted by atomic mass is 79.9. The fraction of sp³-hybridized carbons (Fsp3) is 0.800. The molecule has 2 atom stereocenters. The number of alkyl halides is 1. The van der Waals surface area contributed by atoms with E-state index in [1.54, 1.807) is 6.33 Å². The lowest BCUT2D eigenvalue weighted by atomic mass is 9.99. The summed E-state index contributed by atoms with van der Waals surface area (Å²) >= 11 is 3.78. The largest absolute Gasteiger partial charge is 0.253 e. The molecule has 2 rings (SSSR count). The predicted octanol–water partition coefficient (Wildman–Crippen LogP) is 2.63. The van der Waals surface area contributed by atoms with Gasteiger partial charge in [0.15, 0.2) is 0 Å². The van der Waals surface area contributed by atoms with Gasteiger partial charge in [-0.05, 0) is 12.8 Å². The van der Waals surface area contributed by atoms with E-state index in [9.17, 15) is 0 Å². The SMILES string of the molecule is Cn1ncnc1C1CCCCCC1Br. The predicted molar refractivity (Wildman–Crippen MR) is 59.5 cm³/mol. The fourth-order valence-electron chi connectivity index (χ4n) is 2.19. The van der Waals surface area contributed by atoms with Crippen molar-refractivity contribution in [3.8, 4) is 0 Å². The van der Waals surface area contributed by atoms with Crippen LogP contribution in [0.25, 0.3) is 0 Å². The van der Waals surface area contributed by atoms with Crippen LogP contribution in [-0.2, 0) is 7.05 Å². The van der Waals surface area contributed by atoms with Gasteiger partial charge in [0.25, 0.3) is 0 Å². The maximum atomic E-state index is 4.35. The second-order valence-electron chi connectivity index (χ2n) is 4.00. The molecule has 3 nitrogen and oxygen atoms in total. The summed E-state index contributed by atoms with van der Waals surface area (Å²) in [6.45, 7) is 0. The summed E-state index contributed by atoms with van der Waals surface area (Å²) in [6, 6.07) is 0. The Labute approximate surface area is 93.0 Å². The van der Waals surface area contributed by atoms with Gasteiger partial charge in [-0.3, -0.25) is 4.68 Å². The molecule has 0 spiro atoms. The lowest BCUT2D eigenvalue weighted by Gasteiger charge is -2.18. The molecular formula is C10H16BrN3. The van der Waals surface area contributed by atoms with Gasteiger partial charge in [-0.25, -0.2) is 4.98 Å². The van der Waals surface area contributed by atoms with Crippen LogP contribution < -0.4 is 0 Å². The van der Waals surface area contributed by atoms with E-state index in [1.165, 1.54) is 32.1 Å². The first-order valence-corrected chi connectivity index (χ1v) is 6.18. The number of aryl methyl sites for hydroxylation is 1. The van der Waals surface area contributed by atoms with Gasteiger partial charge in [0, 0.05) is 17.8 Å². The average Bonchev–Trinajstić information content (AvgIpc) is 2.46. The van der Waals surface area contributed by atoms with Crippen LogP contribution in [0, 0.1) is 0 Å². The minimum absolute atomic E-state index is 0.546. The van der Waals surface area contributed by atoms with E-state index >= 15 is 0 Å². The molecule has 1 fully saturated rings. The molecule has 0 radical (unpaired) electrons. The van der Waals surface area contributed by atoms with Crippen molar-refractivity contribution in [1.82, 2.24) is 14.8 Å². The molecule has 78 valence electrons. The zero-order valence-corrected chi connectivity index (χ0v) is 10.1. The fourth-order valence-corrected chi connectivity index (χ4v) is 3.02. The molecule has 0 aromatic carbocycles. The maximum Gasteiger partial charge on any atom is 0.138 e. The van der Waals surface area contributed by atoms with Gasteiger partial charge in [-0.15, -0.1) is 0 Å². The van der Waals surface area contributed by atoms with Gasteiger partial charge in [0.1, 0.15) is 12.2 Å². The van der Waals surface area contributed by atoms with Crippen LogP contribution in [0.2, 0.25) is 0 Å². The summed E-state index contributed by atoms with van der Waals surface area (Å²) in [5.41, 5.74) is 0. The minimum Gasteiger partial charge on any atom is -0.253 e. The smallest absolute Gasteiger partial charge is 0.138 e. The van der Waals surface area contributed by atoms with Gasteiger partial charge in [0.05, 0.1) is 0 Å². The Morgan fingerprint density at radius 2 is 2.14 bits per heavy atom. The van der Waals surface area contributed by atoms with Crippen LogP contribution in [0.3, 0.4) is 0 Å². The van der Waals surface area contributed by atoms with Crippen LogP contribution in [0.4, 0.5) is 0 Å². The normalized spacial score (nSPS) is 28.7. The summed E-state index contributed by atoms with van der Waals surface area (Å²) in [5, 5.41) is 4.14. The van der Waals surface area contributed by atoms with E-state index in [0.29, 0.717) is 10.7 Å². The van der Waals surface area contributed by atoms with Crippen molar-refractivity contribution >= 4 is 15.9 Å². The number of hydrogen-bond acceptors (Lipinski definition) is 2. The molecule has 0 saturated heterocycles. The first-order valence-electron chi connectivity index (χ1n) is 5.27. The van der Waals surface area contributed by atoms with E-state index in [1.807, 2.05) is 11.7 Å². The summed E-state index contributed by atoms with van der Waals surface area (Å²) in [6.07, 6.45) is 8.17. The maximum absolute atomic E-state index is 4.35. The van der Waals surface area contributed by atoms with Crippen LogP contribution >= 0.6 is 15.9 Å². The van der Waals surface area contributed by atoms with E-state index in [0.717, 1.165) is 5.82 Å². The van der Waals surface area contributed by atoms with Gasteiger partial charge >= 0.3 is 0 Å². The first kappa shape index (κ1) is 10.1. The van der Waals surface area contributed by atoms with Crippen LogP contribution in [0.1, 0.15) is 43.8 Å². The van der Waals surface area contributed by atoms with Gasteiger partial charge in [-0.2, -0.15) is 5.10 Å². The second kappa shape index (κ2) is 4.43. The standard InChI is InChI=1S/C10H16BrN3/c1-14-10(12-7-13-14)8-5-3-2-4-6-9(8)11/h7-9H,2-6H2,1H3. The van der Waals surface area contributed by atoms with E-state index in [4.69, 9.17) is 0 Å². The molecule has 4 heteroatoms. The summed E-state index contributed by atoms with van der Waals surface area (Å²) in [5.74, 6) is 1.68. The number of rotatable bonds is 1. The first-order chi connectivity index (χ1) is 6.79. The molecule has 0 aliphatic heterocycles. The number of hydrogen-bond donors (Lipinski definition) is 0. The zero-order valence-electron chi connectivity index (χ0n) is 8.49. The Morgan fingerprint density at radius 3 is 2.86 bits per heavy atom. The number of halogens is 1. The Balaban J connectivity index is 2.19. The van der Waals surface area contributed by atoms with Crippen LogP contribution in [0.5, 0.6) is 0 Å². The van der Waals surface area contributed by atoms with Crippen molar-refractivity contribution in [2.24, 2.45) is 7.05 Å². The Morgan fingerprint density at radius 1 is 1.36 bits per heavy atom. The molecule has 1 aliphatic rings. The van der Waals surface area contributed by atoms with Gasteiger partial charge in [0.2, 0.25) is 0 Å². The zero-order chi connectivity index (χ0) is 9.97. The number of aromatic nitrogens is 3. The van der Waals surface area contributed by atoms with Crippen molar-refractivity contribution in [2.75, 3.05) is 0 Å². The van der Waals surface area contributed by atoms with Crippen molar-refractivity contribution in [2.45, 2.75) is 42.8 Å². The van der Waals surface area contributed by atoms with Gasteiger partial charge < -0.3 is 0 Å². The van der Waals surface area contributed by atoms with E-state index in [2.05, 4.69) is 26.0 Å². The molecule has 0 bridgehead atoms. The highest BCUT2D eigenvalue weighted by molar-refractivity contribution is 9.09. The molecule has 1 heterocycles. The lowest BCUT2D eigenvalue weighted by Crippen LogP contribution is -2.15. The number of nitrogens with zero attached hydrogens (tertiary/aromatic N) is 3. The van der Waals surface area contributed by atoms with Crippen molar-refractivity contribution in [3.63, 3.8) is 0 Å². The third kappa shape index (κ3) is 2.00. The molecule has 0 N–H and O–H groups in total. The molecule has 1 aromatic heterocycles. The highest BCUT2D eigenvalue weighted by Crippen LogP contribution is 2.34. The van der Waals surface area contributed by atoms with Crippen molar-refractivity contribution in [3.05, 3.63) is 12.2 Å². The van der Waals surface area contributed by atoms with E-state index < -0.39 is 0 Å². The summed E-state index contributed by atoms with van der Waals surface area (Å²) in [4.78, 5) is 4.93. The molecule has 1 aromatic rings. The highest BCUT2D eigenvalue weighted by Gasteiger charge is 2.26. The van der Waals surface area contributed by atoms with Gasteiger partial charge in [-0.1, -0.05) is 35.2 Å². The third-order valence-electron chi connectivity index (χ3n) is 3.01. The summed E-state index contributed by atoms with van der Waals surface area (Å²) < 4.78 is 1.91. The molecule has 14 heavy (non-hydrogen) atoms. The van der Waals surface area contributed by atoms with Crippen LogP contribution in [-0.4, -0.2) is 19.6 Å². The average molecular weight is 258 g/mol. The minimum atomic E-state index is 0.546. The monoisotopic (exact) mass is 257 g/mol. The lowest BCUT2D eigenvalue weighted by molar-refractivity contribution is 0.543. The Hall–Kier alpha value is -0.380. The second-order valence-corrected chi connectivity index (χ2v) is 5.18. The topological polar surface area (TPSA) is 30.7 Å². The Bertz CT molecular complexity index is 297. The van der Waals surface area contributed by atoms with Crippen molar-refractivity contribution in [1.29, 1.82) is 0 Å². The quantitative estimate of drug-likeness (QED) is 0.572. The molecule has 0 amide bonds. The molecular weight excluding hydrogens is 242 g/mol. The van der Waals surface area contributed by atoms with Crippen molar-refractivity contribution < 1.29 is 0 Å². The van der Waals surface area contributed by atoms with Crippen LogP contribution in [0.15, 0.2) is 6.33 Å².